The SMILES string of the molecule is Cc1ccc(C(=O)/C=C/C2CCCCC2)cc1. The van der Waals surface area contributed by atoms with Gasteiger partial charge < -0.3 is 0 Å². The highest BCUT2D eigenvalue weighted by Crippen LogP contribution is 2.24. The lowest BCUT2D eigenvalue weighted by Gasteiger charge is -2.17. The molecule has 2 rings (SSSR count). The first kappa shape index (κ1) is 12.1. The van der Waals surface area contributed by atoms with Crippen LogP contribution < -0.4 is 0 Å². The summed E-state index contributed by atoms with van der Waals surface area (Å²) < 4.78 is 0. The van der Waals surface area contributed by atoms with Gasteiger partial charge >= 0.3 is 0 Å². The van der Waals surface area contributed by atoms with Crippen molar-refractivity contribution >= 4 is 5.78 Å². The van der Waals surface area contributed by atoms with Gasteiger partial charge in [0.05, 0.1) is 0 Å². The van der Waals surface area contributed by atoms with Gasteiger partial charge in [-0.2, -0.15) is 0 Å². The second-order valence-corrected chi connectivity index (χ2v) is 4.99. The monoisotopic (exact) mass is 228 g/mol. The Hall–Kier alpha value is -1.37. The van der Waals surface area contributed by atoms with Crippen molar-refractivity contribution in [3.8, 4) is 0 Å². The highest BCUT2D eigenvalue weighted by molar-refractivity contribution is 6.04. The lowest BCUT2D eigenvalue weighted by atomic mass is 9.89. The predicted molar refractivity (Wildman–Crippen MR) is 71.2 cm³/mol. The van der Waals surface area contributed by atoms with Crippen molar-refractivity contribution in [2.24, 2.45) is 5.92 Å². The van der Waals surface area contributed by atoms with Crippen molar-refractivity contribution in [1.29, 1.82) is 0 Å². The van der Waals surface area contributed by atoms with Crippen molar-refractivity contribution in [2.75, 3.05) is 0 Å². The van der Waals surface area contributed by atoms with E-state index in [4.69, 9.17) is 0 Å². The fourth-order valence-corrected chi connectivity index (χ4v) is 2.36. The fourth-order valence-electron chi connectivity index (χ4n) is 2.36. The lowest BCUT2D eigenvalue weighted by Crippen LogP contribution is -2.04. The van der Waals surface area contributed by atoms with E-state index in [1.54, 1.807) is 6.08 Å². The van der Waals surface area contributed by atoms with Gasteiger partial charge in [-0.05, 0) is 31.8 Å². The number of hydrogen-bond acceptors (Lipinski definition) is 1. The molecule has 0 amide bonds. The molecule has 1 aliphatic carbocycles. The minimum atomic E-state index is 0.135. The fraction of sp³-hybridized carbons (Fsp3) is 0.438. The maximum Gasteiger partial charge on any atom is 0.185 e. The largest absolute Gasteiger partial charge is 0.289 e. The Morgan fingerprint density at radius 1 is 1.12 bits per heavy atom. The molecule has 1 aromatic rings. The van der Waals surface area contributed by atoms with Crippen LogP contribution in [0.3, 0.4) is 0 Å². The number of allylic oxidation sites excluding steroid dienone is 2. The van der Waals surface area contributed by atoms with E-state index < -0.39 is 0 Å². The first-order chi connectivity index (χ1) is 8.25. The second kappa shape index (κ2) is 5.81. The van der Waals surface area contributed by atoms with Crippen molar-refractivity contribution in [1.82, 2.24) is 0 Å². The summed E-state index contributed by atoms with van der Waals surface area (Å²) >= 11 is 0. The molecule has 90 valence electrons. The van der Waals surface area contributed by atoms with Crippen LogP contribution in [0.4, 0.5) is 0 Å². The van der Waals surface area contributed by atoms with Crippen LogP contribution in [0, 0.1) is 12.8 Å². The first-order valence-corrected chi connectivity index (χ1v) is 6.55. The topological polar surface area (TPSA) is 17.1 Å². The van der Waals surface area contributed by atoms with E-state index in [1.807, 2.05) is 31.2 Å². The number of rotatable bonds is 3. The molecular weight excluding hydrogens is 208 g/mol. The number of benzene rings is 1. The van der Waals surface area contributed by atoms with Crippen molar-refractivity contribution < 1.29 is 4.79 Å². The molecular formula is C16H20O. The van der Waals surface area contributed by atoms with Gasteiger partial charge in [0.25, 0.3) is 0 Å². The van der Waals surface area contributed by atoms with Gasteiger partial charge in [0.1, 0.15) is 0 Å². The molecule has 1 saturated carbocycles. The van der Waals surface area contributed by atoms with Gasteiger partial charge in [-0.3, -0.25) is 4.79 Å². The minimum absolute atomic E-state index is 0.135. The van der Waals surface area contributed by atoms with E-state index in [2.05, 4.69) is 6.08 Å². The van der Waals surface area contributed by atoms with E-state index in [1.165, 1.54) is 37.7 Å². The summed E-state index contributed by atoms with van der Waals surface area (Å²) in [5, 5.41) is 0. The highest BCUT2D eigenvalue weighted by Gasteiger charge is 2.10. The molecule has 0 atom stereocenters. The molecule has 1 nitrogen and oxygen atoms in total. The number of carbonyl (C=O) groups excluding carboxylic acids is 1. The number of carbonyl (C=O) groups is 1. The van der Waals surface area contributed by atoms with Gasteiger partial charge in [0.15, 0.2) is 5.78 Å². The Morgan fingerprint density at radius 2 is 1.76 bits per heavy atom. The highest BCUT2D eigenvalue weighted by atomic mass is 16.1. The van der Waals surface area contributed by atoms with Gasteiger partial charge in [-0.15, -0.1) is 0 Å². The molecule has 0 radical (unpaired) electrons. The normalized spacial score (nSPS) is 17.5. The molecule has 0 N–H and O–H groups in total. The van der Waals surface area contributed by atoms with Crippen LogP contribution in [-0.4, -0.2) is 5.78 Å². The zero-order valence-corrected chi connectivity index (χ0v) is 10.5. The molecule has 0 saturated heterocycles. The maximum atomic E-state index is 11.9. The van der Waals surface area contributed by atoms with Crippen LogP contribution in [0.15, 0.2) is 36.4 Å². The Balaban J connectivity index is 1.96. The summed E-state index contributed by atoms with van der Waals surface area (Å²) in [6.07, 6.45) is 10.4. The molecule has 0 bridgehead atoms. The van der Waals surface area contributed by atoms with Crippen molar-refractivity contribution in [2.45, 2.75) is 39.0 Å². The van der Waals surface area contributed by atoms with Crippen molar-refractivity contribution in [3.05, 3.63) is 47.5 Å². The summed E-state index contributed by atoms with van der Waals surface area (Å²) in [5.41, 5.74) is 1.99. The second-order valence-electron chi connectivity index (χ2n) is 4.99. The summed E-state index contributed by atoms with van der Waals surface area (Å²) in [4.78, 5) is 11.9. The molecule has 0 aliphatic heterocycles. The molecule has 0 spiro atoms. The zero-order valence-electron chi connectivity index (χ0n) is 10.5. The van der Waals surface area contributed by atoms with Crippen LogP contribution >= 0.6 is 0 Å². The number of ketones is 1. The Labute approximate surface area is 104 Å². The van der Waals surface area contributed by atoms with E-state index in [9.17, 15) is 4.79 Å². The Kier molecular flexibility index (Phi) is 4.13. The third kappa shape index (κ3) is 3.55. The molecule has 0 heterocycles. The average molecular weight is 228 g/mol. The lowest BCUT2D eigenvalue weighted by molar-refractivity contribution is 0.104. The van der Waals surface area contributed by atoms with Crippen LogP contribution in [0.25, 0.3) is 0 Å². The van der Waals surface area contributed by atoms with Crippen LogP contribution in [-0.2, 0) is 0 Å². The third-order valence-electron chi connectivity index (χ3n) is 3.51. The van der Waals surface area contributed by atoms with Gasteiger partial charge in [-0.1, -0.05) is 55.2 Å². The van der Waals surface area contributed by atoms with E-state index >= 15 is 0 Å². The summed E-state index contributed by atoms with van der Waals surface area (Å²) in [6, 6.07) is 7.79. The van der Waals surface area contributed by atoms with Crippen LogP contribution in [0.1, 0.15) is 48.0 Å². The molecule has 1 aliphatic rings. The predicted octanol–water partition coefficient (Wildman–Crippen LogP) is 4.31. The van der Waals surface area contributed by atoms with E-state index in [-0.39, 0.29) is 5.78 Å². The minimum Gasteiger partial charge on any atom is -0.289 e. The van der Waals surface area contributed by atoms with Crippen LogP contribution in [0.5, 0.6) is 0 Å². The zero-order chi connectivity index (χ0) is 12.1. The molecule has 1 fully saturated rings. The summed E-state index contributed by atoms with van der Waals surface area (Å²) in [5.74, 6) is 0.758. The van der Waals surface area contributed by atoms with Crippen LogP contribution in [0.2, 0.25) is 0 Å². The average Bonchev–Trinajstić information content (AvgIpc) is 2.38. The smallest absolute Gasteiger partial charge is 0.185 e. The summed E-state index contributed by atoms with van der Waals surface area (Å²) in [6.45, 7) is 2.03. The number of aryl methyl sites for hydroxylation is 1. The maximum absolute atomic E-state index is 11.9. The van der Waals surface area contributed by atoms with Gasteiger partial charge in [0.2, 0.25) is 0 Å². The first-order valence-electron chi connectivity index (χ1n) is 6.55. The van der Waals surface area contributed by atoms with Gasteiger partial charge in [-0.25, -0.2) is 0 Å². The Morgan fingerprint density at radius 3 is 2.41 bits per heavy atom. The molecule has 1 aromatic carbocycles. The Bertz CT molecular complexity index is 394. The quantitative estimate of drug-likeness (QED) is 0.556. The third-order valence-corrected chi connectivity index (χ3v) is 3.51. The van der Waals surface area contributed by atoms with E-state index in [0.29, 0.717) is 5.92 Å². The van der Waals surface area contributed by atoms with Gasteiger partial charge in [0, 0.05) is 5.56 Å². The standard InChI is InChI=1S/C16H20O/c1-13-7-10-15(11-8-13)16(17)12-9-14-5-3-2-4-6-14/h7-12,14H,2-6H2,1H3/b12-9+. The molecule has 0 aromatic heterocycles. The molecule has 0 unspecified atom stereocenters. The molecule has 1 heteroatoms. The summed E-state index contributed by atoms with van der Waals surface area (Å²) in [7, 11) is 0. The van der Waals surface area contributed by atoms with E-state index in [0.717, 1.165) is 5.56 Å². The molecule has 17 heavy (non-hydrogen) atoms. The van der Waals surface area contributed by atoms with Crippen molar-refractivity contribution in [3.63, 3.8) is 0 Å². The number of hydrogen-bond donors (Lipinski definition) is 0.